The minimum absolute atomic E-state index is 0.401. The van der Waals surface area contributed by atoms with Crippen molar-refractivity contribution in [2.24, 2.45) is 0 Å². The first-order valence-corrected chi connectivity index (χ1v) is 19.0. The molecule has 0 radical (unpaired) electrons. The number of fused-ring (bicyclic) bond motifs is 13. The minimum Gasteiger partial charge on any atom is -0.307 e. The highest BCUT2D eigenvalue weighted by Crippen LogP contribution is 2.62. The second-order valence-corrected chi connectivity index (χ2v) is 15.2. The topological polar surface area (TPSA) is 9.86 Å². The average Bonchev–Trinajstić information content (AvgIpc) is 3.84. The number of nitrogens with zero attached hydrogens (tertiary/aromatic N) is 2. The van der Waals surface area contributed by atoms with E-state index in [1.807, 2.05) is 17.8 Å². The molecule has 53 heavy (non-hydrogen) atoms. The molecule has 1 aliphatic heterocycles. The van der Waals surface area contributed by atoms with Crippen LogP contribution in [0.15, 0.2) is 198 Å². The Morgan fingerprint density at radius 3 is 1.74 bits per heavy atom. The number of allylic oxidation sites excluding steroid dienone is 4. The fourth-order valence-electron chi connectivity index (χ4n) is 9.50. The Kier molecular flexibility index (Phi) is 6.50. The predicted molar refractivity (Wildman–Crippen MR) is 225 cm³/mol. The molecule has 0 atom stereocenters. The van der Waals surface area contributed by atoms with Crippen LogP contribution in [-0.2, 0) is 5.41 Å². The van der Waals surface area contributed by atoms with E-state index in [0.717, 1.165) is 5.69 Å². The lowest BCUT2D eigenvalue weighted by molar-refractivity contribution is 0.721. The number of hydrogen-bond acceptors (Lipinski definition) is 1. The number of thioether (sulfide) groups is 1. The van der Waals surface area contributed by atoms with E-state index in [2.05, 4.69) is 193 Å². The van der Waals surface area contributed by atoms with Gasteiger partial charge in [-0.05, 0) is 82.8 Å². The molecule has 3 heteroatoms. The van der Waals surface area contributed by atoms with Gasteiger partial charge in [-0.15, -0.1) is 0 Å². The highest BCUT2D eigenvalue weighted by Gasteiger charge is 2.49. The Hall–Kier alpha value is -6.29. The summed E-state index contributed by atoms with van der Waals surface area (Å²) in [5.74, 6) is 0. The molecule has 0 N–H and O–H groups in total. The summed E-state index contributed by atoms with van der Waals surface area (Å²) in [4.78, 5) is 2.53. The molecule has 11 rings (SSSR count). The summed E-state index contributed by atoms with van der Waals surface area (Å²) >= 11 is 1.87. The van der Waals surface area contributed by atoms with Crippen molar-refractivity contribution < 1.29 is 0 Å². The average molecular weight is 695 g/mol. The van der Waals surface area contributed by atoms with Gasteiger partial charge in [-0.1, -0.05) is 152 Å². The molecule has 0 unspecified atom stereocenters. The molecule has 2 aromatic heterocycles. The number of rotatable bonds is 4. The van der Waals surface area contributed by atoms with Gasteiger partial charge in [0.05, 0.1) is 33.2 Å². The first-order chi connectivity index (χ1) is 26.2. The van der Waals surface area contributed by atoms with E-state index in [1.54, 1.807) is 0 Å². The third-order valence-electron chi connectivity index (χ3n) is 11.6. The number of benzene rings is 7. The fourth-order valence-corrected chi connectivity index (χ4v) is 10.7. The third kappa shape index (κ3) is 4.00. The van der Waals surface area contributed by atoms with E-state index in [1.165, 1.54) is 92.5 Å². The van der Waals surface area contributed by atoms with Gasteiger partial charge in [-0.3, -0.25) is 0 Å². The Morgan fingerprint density at radius 1 is 0.547 bits per heavy atom. The zero-order valence-electron chi connectivity index (χ0n) is 29.3. The van der Waals surface area contributed by atoms with Crippen LogP contribution in [0.2, 0.25) is 0 Å². The van der Waals surface area contributed by atoms with Crippen molar-refractivity contribution in [2.45, 2.75) is 17.2 Å². The number of aromatic nitrogens is 2. The van der Waals surface area contributed by atoms with Crippen LogP contribution in [0, 0.1) is 0 Å². The molecule has 0 saturated carbocycles. The van der Waals surface area contributed by atoms with Crippen LogP contribution in [-0.4, -0.2) is 9.13 Å². The van der Waals surface area contributed by atoms with E-state index in [4.69, 9.17) is 0 Å². The molecule has 2 aliphatic rings. The normalized spacial score (nSPS) is 14.5. The molecule has 1 aliphatic carbocycles. The quantitative estimate of drug-likeness (QED) is 0.167. The maximum Gasteiger partial charge on any atom is 0.0782 e. The van der Waals surface area contributed by atoms with Gasteiger partial charge in [0.1, 0.15) is 0 Å². The lowest BCUT2D eigenvalue weighted by Crippen LogP contribution is -2.32. The van der Waals surface area contributed by atoms with Crippen LogP contribution >= 0.6 is 11.8 Å². The van der Waals surface area contributed by atoms with E-state index in [9.17, 15) is 0 Å². The molecule has 7 aromatic carbocycles. The van der Waals surface area contributed by atoms with Crippen molar-refractivity contribution in [1.29, 1.82) is 0 Å². The first kappa shape index (κ1) is 30.3. The monoisotopic (exact) mass is 694 g/mol. The summed E-state index contributed by atoms with van der Waals surface area (Å²) in [5.41, 5.74) is 14.7. The Labute approximate surface area is 312 Å². The molecule has 0 bridgehead atoms. The second kappa shape index (κ2) is 11.4. The lowest BCUT2D eigenvalue weighted by Gasteiger charge is -2.40. The molecule has 9 aromatic rings. The molecular weight excluding hydrogens is 661 g/mol. The molecule has 0 saturated heterocycles. The lowest BCUT2D eigenvalue weighted by atomic mass is 9.67. The third-order valence-corrected chi connectivity index (χ3v) is 12.8. The number of para-hydroxylation sites is 4. The van der Waals surface area contributed by atoms with Gasteiger partial charge in [0.15, 0.2) is 0 Å². The standard InChI is InChI=1S/C50H34N2S/c1-3-4-28-47-32(2)50(40-22-10-5-16-34(40)35-17-6-11-23-41(35)50)42-30-29-33(31-48(42)53-47)51-43-24-12-9-20-38(43)39-21-15-27-46(49(39)51)52-44-25-13-7-18-36(44)37-19-8-14-26-45(37)52/h3-31H,1H2,2H3/b28-4-. The van der Waals surface area contributed by atoms with Crippen LogP contribution in [0.1, 0.15) is 23.6 Å². The minimum atomic E-state index is -0.401. The first-order valence-electron chi connectivity index (χ1n) is 18.2. The second-order valence-electron chi connectivity index (χ2n) is 14.1. The molecular formula is C50H34N2S. The van der Waals surface area contributed by atoms with Crippen LogP contribution in [0.3, 0.4) is 0 Å². The summed E-state index contributed by atoms with van der Waals surface area (Å²) in [5, 5.41) is 5.01. The largest absolute Gasteiger partial charge is 0.307 e. The van der Waals surface area contributed by atoms with Crippen LogP contribution in [0.5, 0.6) is 0 Å². The number of hydrogen-bond donors (Lipinski definition) is 0. The molecule has 0 amide bonds. The summed E-state index contributed by atoms with van der Waals surface area (Å²) in [7, 11) is 0. The highest BCUT2D eigenvalue weighted by molar-refractivity contribution is 8.03. The maximum atomic E-state index is 4.02. The van der Waals surface area contributed by atoms with Crippen molar-refractivity contribution in [2.75, 3.05) is 0 Å². The molecule has 2 nitrogen and oxygen atoms in total. The van der Waals surface area contributed by atoms with Gasteiger partial charge >= 0.3 is 0 Å². The SMILES string of the molecule is C=C/C=C\C1=C(C)C2(c3ccc(-n4c5ccccc5c5cccc(-n6c7ccccc7c7ccccc76)c54)cc3S1)c1ccccc1-c1ccccc12. The Morgan fingerprint density at radius 2 is 1.09 bits per heavy atom. The van der Waals surface area contributed by atoms with Gasteiger partial charge in [-0.25, -0.2) is 0 Å². The van der Waals surface area contributed by atoms with Crippen molar-refractivity contribution in [3.8, 4) is 22.5 Å². The maximum absolute atomic E-state index is 4.02. The summed E-state index contributed by atoms with van der Waals surface area (Å²) < 4.78 is 4.96. The van der Waals surface area contributed by atoms with Crippen molar-refractivity contribution in [1.82, 2.24) is 9.13 Å². The smallest absolute Gasteiger partial charge is 0.0782 e. The summed E-state index contributed by atoms with van der Waals surface area (Å²) in [6.07, 6.45) is 6.20. The van der Waals surface area contributed by atoms with E-state index in [-0.39, 0.29) is 0 Å². The highest BCUT2D eigenvalue weighted by atomic mass is 32.2. The zero-order valence-corrected chi connectivity index (χ0v) is 30.1. The molecule has 0 fully saturated rings. The van der Waals surface area contributed by atoms with Gasteiger partial charge < -0.3 is 9.13 Å². The predicted octanol–water partition coefficient (Wildman–Crippen LogP) is 13.3. The van der Waals surface area contributed by atoms with Gasteiger partial charge in [0.25, 0.3) is 0 Å². The van der Waals surface area contributed by atoms with Crippen molar-refractivity contribution >= 4 is 55.4 Å². The molecule has 1 spiro atoms. The van der Waals surface area contributed by atoms with Gasteiger partial charge in [0, 0.05) is 37.0 Å². The van der Waals surface area contributed by atoms with E-state index >= 15 is 0 Å². The van der Waals surface area contributed by atoms with Crippen LogP contribution in [0.25, 0.3) is 66.1 Å². The van der Waals surface area contributed by atoms with E-state index < -0.39 is 5.41 Å². The Bertz CT molecular complexity index is 2980. The van der Waals surface area contributed by atoms with Crippen LogP contribution < -0.4 is 0 Å². The van der Waals surface area contributed by atoms with Crippen LogP contribution in [0.4, 0.5) is 0 Å². The Balaban J connectivity index is 1.23. The summed E-state index contributed by atoms with van der Waals surface area (Å²) in [6.45, 7) is 6.35. The fraction of sp³-hybridized carbons (Fsp3) is 0.0400. The van der Waals surface area contributed by atoms with Gasteiger partial charge in [0.2, 0.25) is 0 Å². The zero-order chi connectivity index (χ0) is 35.3. The van der Waals surface area contributed by atoms with E-state index in [0.29, 0.717) is 0 Å². The van der Waals surface area contributed by atoms with Crippen molar-refractivity contribution in [3.63, 3.8) is 0 Å². The summed E-state index contributed by atoms with van der Waals surface area (Å²) in [6, 6.07) is 58.4. The molecule has 250 valence electrons. The van der Waals surface area contributed by atoms with Gasteiger partial charge in [-0.2, -0.15) is 0 Å². The van der Waals surface area contributed by atoms with Crippen molar-refractivity contribution in [3.05, 3.63) is 210 Å². The molecule has 3 heterocycles.